The number of carbonyl (C=O) groups excluding carboxylic acids is 1. The van der Waals surface area contributed by atoms with Gasteiger partial charge in [0.25, 0.3) is 5.91 Å². The van der Waals surface area contributed by atoms with Crippen LogP contribution in [-0.2, 0) is 0 Å². The van der Waals surface area contributed by atoms with Gasteiger partial charge < -0.3 is 5.32 Å². The van der Waals surface area contributed by atoms with Gasteiger partial charge in [-0.25, -0.2) is 0 Å². The van der Waals surface area contributed by atoms with E-state index in [4.69, 9.17) is 0 Å². The third kappa shape index (κ3) is 5.34. The Morgan fingerprint density at radius 3 is 2.25 bits per heavy atom. The van der Waals surface area contributed by atoms with Crippen molar-refractivity contribution in [3.05, 3.63) is 46.4 Å². The first-order chi connectivity index (χ1) is 11.1. The highest BCUT2D eigenvalue weighted by Crippen LogP contribution is 2.05. The van der Waals surface area contributed by atoms with Gasteiger partial charge in [-0.15, -0.1) is 0 Å². The lowest BCUT2D eigenvalue weighted by Crippen LogP contribution is -2.42. The third-order valence-electron chi connectivity index (χ3n) is 4.40. The molecule has 1 rings (SSSR count). The first kappa shape index (κ1) is 20.2. The van der Waals surface area contributed by atoms with Gasteiger partial charge in [-0.2, -0.15) is 0 Å². The zero-order valence-electron chi connectivity index (χ0n) is 16.1. The van der Waals surface area contributed by atoms with Crippen molar-refractivity contribution in [3.63, 3.8) is 0 Å². The summed E-state index contributed by atoms with van der Waals surface area (Å²) in [5.41, 5.74) is 2.72. The molecular weight excluding hydrogens is 296 g/mol. The largest absolute Gasteiger partial charge is 0.351 e. The molecule has 132 valence electrons. The first-order valence-corrected chi connectivity index (χ1v) is 8.64. The fourth-order valence-electron chi connectivity index (χ4n) is 2.81. The van der Waals surface area contributed by atoms with E-state index >= 15 is 0 Å². The van der Waals surface area contributed by atoms with Crippen LogP contribution >= 0.6 is 0 Å². The SMILES string of the molecule is C=C(C)/C(C)=c1/cc(C(=O)NCCN(C(C)C)C(C)C)ccc1=C. The molecule has 24 heavy (non-hydrogen) atoms. The fraction of sp³-hybridized carbons (Fsp3) is 0.476. The molecule has 0 spiro atoms. The van der Waals surface area contributed by atoms with E-state index in [-0.39, 0.29) is 5.91 Å². The summed E-state index contributed by atoms with van der Waals surface area (Å²) in [4.78, 5) is 14.8. The maximum Gasteiger partial charge on any atom is 0.251 e. The molecule has 0 radical (unpaired) electrons. The van der Waals surface area contributed by atoms with E-state index in [0.29, 0.717) is 24.2 Å². The predicted molar refractivity (Wildman–Crippen MR) is 104 cm³/mol. The molecule has 0 saturated carbocycles. The summed E-state index contributed by atoms with van der Waals surface area (Å²) in [5.74, 6) is -0.0433. The number of benzene rings is 1. The van der Waals surface area contributed by atoms with Crippen molar-refractivity contribution in [2.45, 2.75) is 53.6 Å². The van der Waals surface area contributed by atoms with Crippen LogP contribution < -0.4 is 15.8 Å². The Morgan fingerprint density at radius 2 is 1.75 bits per heavy atom. The highest BCUT2D eigenvalue weighted by molar-refractivity contribution is 5.94. The van der Waals surface area contributed by atoms with Crippen LogP contribution in [0.2, 0.25) is 0 Å². The number of nitrogens with one attached hydrogen (secondary N) is 1. The van der Waals surface area contributed by atoms with Gasteiger partial charge in [0.1, 0.15) is 0 Å². The molecule has 0 aliphatic rings. The number of allylic oxidation sites excluding steroid dienone is 1. The molecule has 0 aliphatic carbocycles. The second kappa shape index (κ2) is 8.84. The molecule has 0 saturated heterocycles. The molecule has 0 aromatic heterocycles. The lowest BCUT2D eigenvalue weighted by atomic mass is 10.0. The zero-order valence-corrected chi connectivity index (χ0v) is 16.1. The molecule has 1 amide bonds. The molecule has 1 aromatic carbocycles. The Labute approximate surface area is 146 Å². The molecule has 3 nitrogen and oxygen atoms in total. The lowest BCUT2D eigenvalue weighted by molar-refractivity contribution is 0.0939. The highest BCUT2D eigenvalue weighted by Gasteiger charge is 2.13. The highest BCUT2D eigenvalue weighted by atomic mass is 16.1. The monoisotopic (exact) mass is 328 g/mol. The summed E-state index contributed by atoms with van der Waals surface area (Å²) in [7, 11) is 0. The smallest absolute Gasteiger partial charge is 0.251 e. The van der Waals surface area contributed by atoms with E-state index in [1.165, 1.54) is 0 Å². The van der Waals surface area contributed by atoms with E-state index in [2.05, 4.69) is 51.1 Å². The number of hydrogen-bond acceptors (Lipinski definition) is 2. The van der Waals surface area contributed by atoms with E-state index in [1.807, 2.05) is 32.0 Å². The van der Waals surface area contributed by atoms with Crippen molar-refractivity contribution in [2.75, 3.05) is 13.1 Å². The minimum atomic E-state index is -0.0433. The van der Waals surface area contributed by atoms with Crippen LogP contribution in [0.1, 0.15) is 51.9 Å². The van der Waals surface area contributed by atoms with Gasteiger partial charge in [-0.05, 0) is 69.7 Å². The van der Waals surface area contributed by atoms with Crippen molar-refractivity contribution in [1.29, 1.82) is 0 Å². The van der Waals surface area contributed by atoms with Crippen molar-refractivity contribution in [3.8, 4) is 0 Å². The molecule has 3 heteroatoms. The summed E-state index contributed by atoms with van der Waals surface area (Å²) in [6.45, 7) is 22.2. The van der Waals surface area contributed by atoms with E-state index < -0.39 is 0 Å². The van der Waals surface area contributed by atoms with Gasteiger partial charge in [-0.1, -0.05) is 24.8 Å². The minimum absolute atomic E-state index is 0.0433. The Morgan fingerprint density at radius 1 is 1.17 bits per heavy atom. The summed E-state index contributed by atoms with van der Waals surface area (Å²) in [6.07, 6.45) is 0. The average molecular weight is 329 g/mol. The van der Waals surface area contributed by atoms with Gasteiger partial charge in [0.05, 0.1) is 0 Å². The average Bonchev–Trinajstić information content (AvgIpc) is 2.50. The number of rotatable bonds is 7. The lowest BCUT2D eigenvalue weighted by Gasteiger charge is -2.30. The predicted octanol–water partition coefficient (Wildman–Crippen LogP) is 2.69. The zero-order chi connectivity index (χ0) is 18.4. The number of hydrogen-bond donors (Lipinski definition) is 1. The Balaban J connectivity index is 2.87. The van der Waals surface area contributed by atoms with Crippen LogP contribution in [0.4, 0.5) is 0 Å². The standard InChI is InChI=1S/C21H32N2O/c1-14(2)18(8)20-13-19(10-9-17(20)7)21(24)22-11-12-23(15(3)4)16(5)6/h9-10,13,15-16H,1,7,11-12H2,2-6,8H3,(H,22,24)/b20-18-. The van der Waals surface area contributed by atoms with Crippen LogP contribution in [0.15, 0.2) is 30.4 Å². The van der Waals surface area contributed by atoms with Gasteiger partial charge in [0, 0.05) is 30.7 Å². The Kier molecular flexibility index (Phi) is 7.43. The Hall–Kier alpha value is -1.87. The van der Waals surface area contributed by atoms with Gasteiger partial charge >= 0.3 is 0 Å². The van der Waals surface area contributed by atoms with E-state index in [0.717, 1.165) is 28.1 Å². The van der Waals surface area contributed by atoms with Gasteiger partial charge in [-0.3, -0.25) is 9.69 Å². The first-order valence-electron chi connectivity index (χ1n) is 8.64. The topological polar surface area (TPSA) is 32.3 Å². The van der Waals surface area contributed by atoms with Gasteiger partial charge in [0.2, 0.25) is 0 Å². The number of carbonyl (C=O) groups is 1. The van der Waals surface area contributed by atoms with E-state index in [1.54, 1.807) is 0 Å². The number of nitrogens with zero attached hydrogens (tertiary/aromatic N) is 1. The molecule has 0 atom stereocenters. The van der Waals surface area contributed by atoms with Crippen molar-refractivity contribution < 1.29 is 4.79 Å². The summed E-state index contributed by atoms with van der Waals surface area (Å²) in [6, 6.07) is 6.56. The summed E-state index contributed by atoms with van der Waals surface area (Å²) in [5, 5.41) is 4.92. The fourth-order valence-corrected chi connectivity index (χ4v) is 2.81. The molecule has 1 N–H and O–H groups in total. The van der Waals surface area contributed by atoms with Crippen molar-refractivity contribution >= 4 is 18.1 Å². The van der Waals surface area contributed by atoms with Crippen LogP contribution in [0.5, 0.6) is 0 Å². The molecule has 0 fully saturated rings. The maximum absolute atomic E-state index is 12.4. The third-order valence-corrected chi connectivity index (χ3v) is 4.40. The molecule has 0 aliphatic heterocycles. The van der Waals surface area contributed by atoms with Gasteiger partial charge in [0.15, 0.2) is 0 Å². The second-order valence-electron chi connectivity index (χ2n) is 6.96. The normalized spacial score (nSPS) is 12.7. The minimum Gasteiger partial charge on any atom is -0.351 e. The Bertz CT molecular complexity index is 693. The van der Waals surface area contributed by atoms with Crippen LogP contribution in [0, 0.1) is 0 Å². The molecule has 0 heterocycles. The van der Waals surface area contributed by atoms with Crippen LogP contribution in [0.3, 0.4) is 0 Å². The maximum atomic E-state index is 12.4. The van der Waals surface area contributed by atoms with Crippen LogP contribution in [0.25, 0.3) is 12.2 Å². The van der Waals surface area contributed by atoms with Crippen molar-refractivity contribution in [2.24, 2.45) is 0 Å². The van der Waals surface area contributed by atoms with Crippen molar-refractivity contribution in [1.82, 2.24) is 10.2 Å². The summed E-state index contributed by atoms with van der Waals surface area (Å²) >= 11 is 0. The quantitative estimate of drug-likeness (QED) is 0.835. The second-order valence-corrected chi connectivity index (χ2v) is 6.96. The van der Waals surface area contributed by atoms with E-state index in [9.17, 15) is 4.79 Å². The number of amides is 1. The molecule has 0 unspecified atom stereocenters. The molecular formula is C21H32N2O. The van der Waals surface area contributed by atoms with Crippen LogP contribution in [-0.4, -0.2) is 36.0 Å². The molecule has 0 bridgehead atoms. The summed E-state index contributed by atoms with van der Waals surface area (Å²) < 4.78 is 0. The molecule has 1 aromatic rings.